The zero-order valence-corrected chi connectivity index (χ0v) is 14.7. The second-order valence-corrected chi connectivity index (χ2v) is 6.19. The zero-order valence-electron chi connectivity index (χ0n) is 13.1. The van der Waals surface area contributed by atoms with Crippen LogP contribution < -0.4 is 15.4 Å². The van der Waals surface area contributed by atoms with Crippen molar-refractivity contribution in [3.05, 3.63) is 53.1 Å². The third-order valence-electron chi connectivity index (χ3n) is 3.24. The van der Waals surface area contributed by atoms with Crippen LogP contribution in [0.3, 0.4) is 0 Å². The molecule has 7 heteroatoms. The largest absolute Gasteiger partial charge is 0.433 e. The molecule has 0 aliphatic carbocycles. The van der Waals surface area contributed by atoms with Gasteiger partial charge in [-0.25, -0.2) is 0 Å². The van der Waals surface area contributed by atoms with E-state index in [1.807, 2.05) is 24.3 Å². The summed E-state index contributed by atoms with van der Waals surface area (Å²) in [4.78, 5) is 0. The maximum absolute atomic E-state index is 12.2. The number of benzene rings is 2. The van der Waals surface area contributed by atoms with E-state index < -0.39 is 6.61 Å². The molecule has 128 valence electrons. The van der Waals surface area contributed by atoms with E-state index in [4.69, 9.17) is 23.8 Å². The van der Waals surface area contributed by atoms with Crippen molar-refractivity contribution in [1.82, 2.24) is 0 Å². The molecule has 0 aromatic heterocycles. The van der Waals surface area contributed by atoms with Crippen LogP contribution in [0.5, 0.6) is 5.75 Å². The molecule has 0 radical (unpaired) electrons. The molecular weight excluding hydrogens is 354 g/mol. The van der Waals surface area contributed by atoms with E-state index in [1.54, 1.807) is 6.07 Å². The summed E-state index contributed by atoms with van der Waals surface area (Å²) in [6.07, 6.45) is 0. The smallest absolute Gasteiger partial charge is 0.387 e. The van der Waals surface area contributed by atoms with Crippen LogP contribution in [-0.2, 0) is 0 Å². The van der Waals surface area contributed by atoms with Gasteiger partial charge >= 0.3 is 6.61 Å². The van der Waals surface area contributed by atoms with Gasteiger partial charge in [-0.3, -0.25) is 0 Å². The Hall–Kier alpha value is -1.92. The highest BCUT2D eigenvalue weighted by atomic mass is 35.5. The molecule has 0 saturated heterocycles. The monoisotopic (exact) mass is 370 g/mol. The van der Waals surface area contributed by atoms with Gasteiger partial charge in [-0.15, -0.1) is 0 Å². The van der Waals surface area contributed by atoms with Gasteiger partial charge in [0.15, 0.2) is 5.11 Å². The van der Waals surface area contributed by atoms with Crippen molar-refractivity contribution in [2.45, 2.75) is 26.4 Å². The van der Waals surface area contributed by atoms with Crippen molar-refractivity contribution in [3.8, 4) is 5.75 Å². The number of halogens is 3. The lowest BCUT2D eigenvalue weighted by Gasteiger charge is -2.13. The summed E-state index contributed by atoms with van der Waals surface area (Å²) in [5, 5.41) is 6.43. The Balaban J connectivity index is 1.98. The normalized spacial score (nSPS) is 10.8. The first-order valence-electron chi connectivity index (χ1n) is 7.27. The number of hydrogen-bond acceptors (Lipinski definition) is 2. The minimum atomic E-state index is -2.92. The summed E-state index contributed by atoms with van der Waals surface area (Å²) < 4.78 is 28.7. The molecule has 2 N–H and O–H groups in total. The third kappa shape index (κ3) is 5.32. The highest BCUT2D eigenvalue weighted by Gasteiger charge is 2.09. The standard InChI is InChI=1S/C17H17ClF2N2OS/c1-10(2)11-3-5-12(6-4-11)21-17(24)22-13-7-8-15(14(18)9-13)23-16(19)20/h3-10,16H,1-2H3,(H2,21,22,24). The molecule has 0 aliphatic rings. The lowest BCUT2D eigenvalue weighted by molar-refractivity contribution is -0.0497. The molecule has 0 aliphatic heterocycles. The van der Waals surface area contributed by atoms with Crippen LogP contribution in [-0.4, -0.2) is 11.7 Å². The van der Waals surface area contributed by atoms with E-state index in [0.29, 0.717) is 16.7 Å². The topological polar surface area (TPSA) is 33.3 Å². The lowest BCUT2D eigenvalue weighted by atomic mass is 10.0. The number of nitrogens with one attached hydrogen (secondary N) is 2. The number of rotatable bonds is 5. The number of ether oxygens (including phenoxy) is 1. The van der Waals surface area contributed by atoms with Crippen molar-refractivity contribution < 1.29 is 13.5 Å². The molecule has 2 aromatic carbocycles. The van der Waals surface area contributed by atoms with E-state index in [1.165, 1.54) is 17.7 Å². The quantitative estimate of drug-likeness (QED) is 0.644. The highest BCUT2D eigenvalue weighted by molar-refractivity contribution is 7.80. The van der Waals surface area contributed by atoms with Crippen LogP contribution in [0.25, 0.3) is 0 Å². The summed E-state index contributed by atoms with van der Waals surface area (Å²) in [5.41, 5.74) is 2.65. The van der Waals surface area contributed by atoms with Crippen molar-refractivity contribution in [2.24, 2.45) is 0 Å². The summed E-state index contributed by atoms with van der Waals surface area (Å²) in [6, 6.07) is 12.3. The molecule has 2 rings (SSSR count). The van der Waals surface area contributed by atoms with Crippen LogP contribution in [0, 0.1) is 0 Å². The van der Waals surface area contributed by atoms with Gasteiger partial charge < -0.3 is 15.4 Å². The Bertz CT molecular complexity index is 708. The van der Waals surface area contributed by atoms with Crippen molar-refractivity contribution in [2.75, 3.05) is 10.6 Å². The maximum Gasteiger partial charge on any atom is 0.387 e. The van der Waals surface area contributed by atoms with Gasteiger partial charge in [-0.1, -0.05) is 37.6 Å². The van der Waals surface area contributed by atoms with Crippen LogP contribution >= 0.6 is 23.8 Å². The van der Waals surface area contributed by atoms with Crippen LogP contribution in [0.4, 0.5) is 20.2 Å². The predicted octanol–water partition coefficient (Wildman–Crippen LogP) is 5.87. The number of hydrogen-bond donors (Lipinski definition) is 2. The molecule has 0 bridgehead atoms. The zero-order chi connectivity index (χ0) is 17.7. The molecule has 0 spiro atoms. The fourth-order valence-electron chi connectivity index (χ4n) is 2.01. The molecule has 0 amide bonds. The van der Waals surface area contributed by atoms with Gasteiger partial charge in [-0.2, -0.15) is 8.78 Å². The van der Waals surface area contributed by atoms with E-state index in [9.17, 15) is 8.78 Å². The third-order valence-corrected chi connectivity index (χ3v) is 3.74. The summed E-state index contributed by atoms with van der Waals surface area (Å²) in [6.45, 7) is 1.33. The molecular formula is C17H17ClF2N2OS. The Kier molecular flexibility index (Phi) is 6.34. The van der Waals surface area contributed by atoms with Gasteiger partial charge in [0.25, 0.3) is 0 Å². The fraction of sp³-hybridized carbons (Fsp3) is 0.235. The van der Waals surface area contributed by atoms with Crippen molar-refractivity contribution in [1.29, 1.82) is 0 Å². The van der Waals surface area contributed by atoms with Crippen molar-refractivity contribution in [3.63, 3.8) is 0 Å². The first kappa shape index (κ1) is 18.4. The first-order chi connectivity index (χ1) is 11.3. The Morgan fingerprint density at radius 1 is 1.04 bits per heavy atom. The second kappa shape index (κ2) is 8.26. The number of anilines is 2. The summed E-state index contributed by atoms with van der Waals surface area (Å²) in [5.74, 6) is 0.376. The van der Waals surface area contributed by atoms with Gasteiger partial charge in [0, 0.05) is 11.4 Å². The SMILES string of the molecule is CC(C)c1ccc(NC(=S)Nc2ccc(OC(F)F)c(Cl)c2)cc1. The van der Waals surface area contributed by atoms with Gasteiger partial charge in [-0.05, 0) is 54.0 Å². The summed E-state index contributed by atoms with van der Waals surface area (Å²) in [7, 11) is 0. The van der Waals surface area contributed by atoms with E-state index >= 15 is 0 Å². The van der Waals surface area contributed by atoms with E-state index in [2.05, 4.69) is 29.2 Å². The molecule has 0 atom stereocenters. The summed E-state index contributed by atoms with van der Waals surface area (Å²) >= 11 is 11.1. The number of thiocarbonyl (C=S) groups is 1. The van der Waals surface area contributed by atoms with Crippen LogP contribution in [0.15, 0.2) is 42.5 Å². The minimum Gasteiger partial charge on any atom is -0.433 e. The molecule has 3 nitrogen and oxygen atoms in total. The average Bonchev–Trinajstić information content (AvgIpc) is 2.50. The van der Waals surface area contributed by atoms with Crippen LogP contribution in [0.1, 0.15) is 25.3 Å². The van der Waals surface area contributed by atoms with Gasteiger partial charge in [0.2, 0.25) is 0 Å². The van der Waals surface area contributed by atoms with Crippen molar-refractivity contribution >= 4 is 40.3 Å². The molecule has 0 unspecified atom stereocenters. The van der Waals surface area contributed by atoms with Gasteiger partial charge in [0.05, 0.1) is 5.02 Å². The Labute approximate surface area is 150 Å². The minimum absolute atomic E-state index is 0.0735. The predicted molar refractivity (Wildman–Crippen MR) is 98.5 cm³/mol. The maximum atomic E-state index is 12.2. The Morgan fingerprint density at radius 3 is 2.17 bits per heavy atom. The average molecular weight is 371 g/mol. The second-order valence-electron chi connectivity index (χ2n) is 5.38. The molecule has 24 heavy (non-hydrogen) atoms. The van der Waals surface area contributed by atoms with E-state index in [-0.39, 0.29) is 10.8 Å². The Morgan fingerprint density at radius 2 is 1.62 bits per heavy atom. The van der Waals surface area contributed by atoms with Gasteiger partial charge in [0.1, 0.15) is 5.75 Å². The van der Waals surface area contributed by atoms with Crippen LogP contribution in [0.2, 0.25) is 5.02 Å². The number of alkyl halides is 2. The lowest BCUT2D eigenvalue weighted by Crippen LogP contribution is -2.19. The highest BCUT2D eigenvalue weighted by Crippen LogP contribution is 2.29. The molecule has 0 fully saturated rings. The molecule has 0 saturated carbocycles. The fourth-order valence-corrected chi connectivity index (χ4v) is 2.48. The molecule has 0 heterocycles. The first-order valence-corrected chi connectivity index (χ1v) is 8.06. The molecule has 2 aromatic rings. The van der Waals surface area contributed by atoms with E-state index in [0.717, 1.165) is 5.69 Å².